The second-order valence-corrected chi connectivity index (χ2v) is 6.04. The predicted molar refractivity (Wildman–Crippen MR) is 95.3 cm³/mol. The molecule has 2 aromatic carbocycles. The van der Waals surface area contributed by atoms with E-state index in [-0.39, 0.29) is 11.8 Å². The van der Waals surface area contributed by atoms with E-state index in [0.29, 0.717) is 13.1 Å². The van der Waals surface area contributed by atoms with Gasteiger partial charge in [0.05, 0.1) is 17.4 Å². The quantitative estimate of drug-likeness (QED) is 0.731. The minimum absolute atomic E-state index is 0.0106. The topological polar surface area (TPSA) is 72.9 Å². The Labute approximate surface area is 141 Å². The number of nitrogens with zero attached hydrogens (tertiary/aromatic N) is 2. The predicted octanol–water partition coefficient (Wildman–Crippen LogP) is 2.30. The van der Waals surface area contributed by atoms with E-state index in [1.54, 1.807) is 0 Å². The zero-order chi connectivity index (χ0) is 16.9. The lowest BCUT2D eigenvalue weighted by Crippen LogP contribution is -2.32. The van der Waals surface area contributed by atoms with Crippen molar-refractivity contribution in [3.8, 4) is 0 Å². The fraction of sp³-hybridized carbons (Fsp3) is 0.263. The van der Waals surface area contributed by atoms with Crippen molar-refractivity contribution < 1.29 is 4.79 Å². The molecule has 0 spiro atoms. The molecule has 0 saturated carbocycles. The summed E-state index contributed by atoms with van der Waals surface area (Å²) in [6.45, 7) is 3.46. The fourth-order valence-corrected chi connectivity index (χ4v) is 2.64. The minimum Gasteiger partial charge on any atom is -0.352 e. The van der Waals surface area contributed by atoms with Crippen LogP contribution in [0.4, 0.5) is 0 Å². The first-order chi connectivity index (χ1) is 11.7. The Morgan fingerprint density at radius 1 is 1.21 bits per heavy atom. The van der Waals surface area contributed by atoms with Crippen molar-refractivity contribution >= 4 is 16.9 Å². The number of nitrogens with one attached hydrogen (secondary N) is 1. The molecule has 5 nitrogen and oxygen atoms in total. The molecule has 1 unspecified atom stereocenters. The van der Waals surface area contributed by atoms with E-state index in [1.807, 2.05) is 43.6 Å². The van der Waals surface area contributed by atoms with Gasteiger partial charge in [0.2, 0.25) is 5.91 Å². The zero-order valence-corrected chi connectivity index (χ0v) is 13.8. The van der Waals surface area contributed by atoms with Gasteiger partial charge < -0.3 is 15.6 Å². The number of carbonyl (C=O) groups excluding carboxylic acids is 1. The van der Waals surface area contributed by atoms with E-state index in [0.717, 1.165) is 23.1 Å². The molecule has 0 aliphatic heterocycles. The molecule has 124 valence electrons. The average Bonchev–Trinajstić information content (AvgIpc) is 3.02. The van der Waals surface area contributed by atoms with Gasteiger partial charge in [0.25, 0.3) is 0 Å². The molecule has 3 rings (SSSR count). The minimum atomic E-state index is -0.162. The Kier molecular flexibility index (Phi) is 4.91. The molecule has 5 heteroatoms. The summed E-state index contributed by atoms with van der Waals surface area (Å²) in [5.41, 5.74) is 9.89. The molecule has 3 aromatic rings. The second-order valence-electron chi connectivity index (χ2n) is 6.04. The molecule has 0 aliphatic rings. The number of nitrogens with two attached hydrogens (primary N) is 1. The summed E-state index contributed by atoms with van der Waals surface area (Å²) < 4.78 is 2.13. The molecule has 3 N–H and O–H groups in total. The maximum Gasteiger partial charge on any atom is 0.224 e. The van der Waals surface area contributed by atoms with Crippen molar-refractivity contribution in [3.63, 3.8) is 0 Å². The summed E-state index contributed by atoms with van der Waals surface area (Å²) >= 11 is 0. The lowest BCUT2D eigenvalue weighted by molar-refractivity contribution is -0.124. The number of amides is 1. The lowest BCUT2D eigenvalue weighted by Gasteiger charge is -2.11. The Morgan fingerprint density at radius 2 is 2.00 bits per heavy atom. The van der Waals surface area contributed by atoms with Gasteiger partial charge in [-0.25, -0.2) is 4.98 Å². The highest BCUT2D eigenvalue weighted by Gasteiger charge is 2.10. The normalized spacial score (nSPS) is 12.2. The van der Waals surface area contributed by atoms with Crippen LogP contribution in [-0.2, 0) is 17.9 Å². The number of benzene rings is 2. The zero-order valence-electron chi connectivity index (χ0n) is 13.8. The van der Waals surface area contributed by atoms with E-state index in [1.165, 1.54) is 5.56 Å². The van der Waals surface area contributed by atoms with Gasteiger partial charge in [0.1, 0.15) is 0 Å². The van der Waals surface area contributed by atoms with Crippen molar-refractivity contribution in [2.45, 2.75) is 20.0 Å². The van der Waals surface area contributed by atoms with Crippen molar-refractivity contribution in [3.05, 3.63) is 66.0 Å². The number of hydrogen-bond donors (Lipinski definition) is 2. The van der Waals surface area contributed by atoms with Crippen LogP contribution in [0, 0.1) is 5.92 Å². The summed E-state index contributed by atoms with van der Waals surface area (Å²) in [4.78, 5) is 16.3. The molecule has 0 aliphatic carbocycles. The molecule has 1 atom stereocenters. The molecule has 1 aromatic heterocycles. The third-order valence-corrected chi connectivity index (χ3v) is 4.14. The van der Waals surface area contributed by atoms with Crippen molar-refractivity contribution in [2.24, 2.45) is 11.7 Å². The molecule has 0 saturated heterocycles. The highest BCUT2D eigenvalue weighted by Crippen LogP contribution is 2.15. The van der Waals surface area contributed by atoms with Crippen molar-refractivity contribution in [1.29, 1.82) is 0 Å². The first-order valence-electron chi connectivity index (χ1n) is 8.13. The van der Waals surface area contributed by atoms with Gasteiger partial charge in [0, 0.05) is 25.6 Å². The van der Waals surface area contributed by atoms with Gasteiger partial charge >= 0.3 is 0 Å². The summed E-state index contributed by atoms with van der Waals surface area (Å²) in [5, 5.41) is 2.93. The Balaban J connectivity index is 1.70. The molecule has 24 heavy (non-hydrogen) atoms. The first kappa shape index (κ1) is 16.2. The molecule has 0 bridgehead atoms. The number of para-hydroxylation sites is 2. The maximum atomic E-state index is 11.8. The van der Waals surface area contributed by atoms with E-state index < -0.39 is 0 Å². The Morgan fingerprint density at radius 3 is 2.83 bits per heavy atom. The second kappa shape index (κ2) is 7.27. The van der Waals surface area contributed by atoms with E-state index in [2.05, 4.69) is 33.1 Å². The van der Waals surface area contributed by atoms with Gasteiger partial charge in [-0.05, 0) is 23.3 Å². The maximum absolute atomic E-state index is 11.8. The lowest BCUT2D eigenvalue weighted by atomic mass is 10.1. The third-order valence-electron chi connectivity index (χ3n) is 4.14. The monoisotopic (exact) mass is 322 g/mol. The van der Waals surface area contributed by atoms with Crippen LogP contribution >= 0.6 is 0 Å². The van der Waals surface area contributed by atoms with Crippen LogP contribution in [0.3, 0.4) is 0 Å². The standard InChI is InChI=1S/C19H22N4O/c1-14(10-20)19(24)21-11-15-5-4-6-16(9-15)12-23-13-22-17-7-2-3-8-18(17)23/h2-9,13-14H,10-12,20H2,1H3,(H,21,24). The molecule has 0 radical (unpaired) electrons. The third kappa shape index (κ3) is 3.63. The highest BCUT2D eigenvalue weighted by molar-refractivity contribution is 5.78. The average molecular weight is 322 g/mol. The van der Waals surface area contributed by atoms with Crippen molar-refractivity contribution in [2.75, 3.05) is 6.54 Å². The number of carbonyl (C=O) groups is 1. The highest BCUT2D eigenvalue weighted by atomic mass is 16.1. The van der Waals surface area contributed by atoms with Crippen LogP contribution in [0.5, 0.6) is 0 Å². The van der Waals surface area contributed by atoms with Crippen LogP contribution in [0.1, 0.15) is 18.1 Å². The van der Waals surface area contributed by atoms with E-state index in [9.17, 15) is 4.79 Å². The van der Waals surface area contributed by atoms with Crippen molar-refractivity contribution in [1.82, 2.24) is 14.9 Å². The van der Waals surface area contributed by atoms with Gasteiger partial charge in [0.15, 0.2) is 0 Å². The van der Waals surface area contributed by atoms with E-state index >= 15 is 0 Å². The Bertz CT molecular complexity index is 840. The molecule has 1 heterocycles. The molecule has 0 fully saturated rings. The van der Waals surface area contributed by atoms with Gasteiger partial charge in [-0.3, -0.25) is 4.79 Å². The van der Waals surface area contributed by atoms with Crippen LogP contribution in [0.25, 0.3) is 11.0 Å². The summed E-state index contributed by atoms with van der Waals surface area (Å²) in [6.07, 6.45) is 1.86. The smallest absolute Gasteiger partial charge is 0.224 e. The van der Waals surface area contributed by atoms with Gasteiger partial charge in [-0.15, -0.1) is 0 Å². The Hall–Kier alpha value is -2.66. The summed E-state index contributed by atoms with van der Waals surface area (Å²) in [5.74, 6) is -0.172. The number of hydrogen-bond acceptors (Lipinski definition) is 3. The summed E-state index contributed by atoms with van der Waals surface area (Å²) in [7, 11) is 0. The molecule has 1 amide bonds. The first-order valence-corrected chi connectivity index (χ1v) is 8.13. The number of rotatable bonds is 6. The van der Waals surface area contributed by atoms with Crippen LogP contribution < -0.4 is 11.1 Å². The van der Waals surface area contributed by atoms with Crippen LogP contribution in [0.15, 0.2) is 54.9 Å². The molecular weight excluding hydrogens is 300 g/mol. The van der Waals surface area contributed by atoms with E-state index in [4.69, 9.17) is 5.73 Å². The summed E-state index contributed by atoms with van der Waals surface area (Å²) in [6, 6.07) is 16.3. The van der Waals surface area contributed by atoms with Crippen LogP contribution in [-0.4, -0.2) is 22.0 Å². The fourth-order valence-electron chi connectivity index (χ4n) is 2.64. The molecular formula is C19H22N4O. The largest absolute Gasteiger partial charge is 0.352 e. The van der Waals surface area contributed by atoms with Gasteiger partial charge in [-0.2, -0.15) is 0 Å². The van der Waals surface area contributed by atoms with Gasteiger partial charge in [-0.1, -0.05) is 43.3 Å². The van der Waals surface area contributed by atoms with Crippen LogP contribution in [0.2, 0.25) is 0 Å². The number of aromatic nitrogens is 2. The number of fused-ring (bicyclic) bond motifs is 1. The SMILES string of the molecule is CC(CN)C(=O)NCc1cccc(Cn2cnc3ccccc32)c1. The number of imidazole rings is 1.